The van der Waals surface area contributed by atoms with Crippen LogP contribution in [-0.2, 0) is 4.79 Å². The number of anilines is 1. The van der Waals surface area contributed by atoms with Crippen LogP contribution in [0.3, 0.4) is 0 Å². The van der Waals surface area contributed by atoms with Crippen LogP contribution in [0, 0.1) is 6.92 Å². The molecule has 4 aromatic rings. The number of thioether (sulfide) groups is 1. The second-order valence-electron chi connectivity index (χ2n) is 6.22. The number of para-hydroxylation sites is 2. The zero-order valence-corrected chi connectivity index (χ0v) is 15.6. The molecule has 1 amide bonds. The second kappa shape index (κ2) is 7.68. The number of aromatic nitrogens is 1. The van der Waals surface area contributed by atoms with Crippen LogP contribution in [0.2, 0.25) is 0 Å². The Bertz CT molecular complexity index is 1050. The van der Waals surface area contributed by atoms with Crippen molar-refractivity contribution in [3.8, 4) is 11.5 Å². The minimum atomic E-state index is -0.0460. The first-order chi connectivity index (χ1) is 13.2. The van der Waals surface area contributed by atoms with Crippen LogP contribution in [0.5, 0.6) is 0 Å². The van der Waals surface area contributed by atoms with Gasteiger partial charge in [0.05, 0.1) is 5.75 Å². The van der Waals surface area contributed by atoms with Crippen LogP contribution >= 0.6 is 11.8 Å². The van der Waals surface area contributed by atoms with Crippen molar-refractivity contribution in [3.63, 3.8) is 0 Å². The summed E-state index contributed by atoms with van der Waals surface area (Å²) < 4.78 is 5.80. The average molecular weight is 374 g/mol. The lowest BCUT2D eigenvalue weighted by Crippen LogP contribution is -2.13. The van der Waals surface area contributed by atoms with E-state index in [1.165, 1.54) is 17.3 Å². The van der Waals surface area contributed by atoms with Gasteiger partial charge in [-0.25, -0.2) is 4.98 Å². The summed E-state index contributed by atoms with van der Waals surface area (Å²) in [4.78, 5) is 17.9. The van der Waals surface area contributed by atoms with E-state index in [9.17, 15) is 4.79 Å². The second-order valence-corrected chi connectivity index (χ2v) is 7.27. The standard InChI is InChI=1S/C22H18N2O2S/c1-15-9-11-18(12-10-15)27-14-21(25)23-17-6-4-5-16(13-17)22-24-19-7-2-3-8-20(19)26-22/h2-13H,14H2,1H3,(H,23,25). The zero-order valence-electron chi connectivity index (χ0n) is 14.8. The monoisotopic (exact) mass is 374 g/mol. The highest BCUT2D eigenvalue weighted by Crippen LogP contribution is 2.26. The molecule has 1 heterocycles. The van der Waals surface area contributed by atoms with Gasteiger partial charge < -0.3 is 9.73 Å². The van der Waals surface area contributed by atoms with Crippen LogP contribution < -0.4 is 5.32 Å². The fraction of sp³-hybridized carbons (Fsp3) is 0.0909. The van der Waals surface area contributed by atoms with Gasteiger partial charge in [0.25, 0.3) is 0 Å². The molecule has 0 atom stereocenters. The van der Waals surface area contributed by atoms with Crippen molar-refractivity contribution < 1.29 is 9.21 Å². The maximum Gasteiger partial charge on any atom is 0.234 e. The summed E-state index contributed by atoms with van der Waals surface area (Å²) >= 11 is 1.52. The van der Waals surface area contributed by atoms with E-state index in [1.54, 1.807) is 0 Å². The van der Waals surface area contributed by atoms with Gasteiger partial charge >= 0.3 is 0 Å². The minimum Gasteiger partial charge on any atom is -0.436 e. The molecule has 134 valence electrons. The molecule has 0 aliphatic heterocycles. The lowest BCUT2D eigenvalue weighted by atomic mass is 10.2. The number of hydrogen-bond acceptors (Lipinski definition) is 4. The average Bonchev–Trinajstić information content (AvgIpc) is 3.12. The Morgan fingerprint density at radius 2 is 1.85 bits per heavy atom. The molecule has 4 rings (SSSR count). The van der Waals surface area contributed by atoms with E-state index in [4.69, 9.17) is 4.42 Å². The Hall–Kier alpha value is -3.05. The van der Waals surface area contributed by atoms with Crippen LogP contribution in [0.4, 0.5) is 5.69 Å². The highest BCUT2D eigenvalue weighted by molar-refractivity contribution is 8.00. The highest BCUT2D eigenvalue weighted by atomic mass is 32.2. The topological polar surface area (TPSA) is 55.1 Å². The molecule has 3 aromatic carbocycles. The number of rotatable bonds is 5. The number of carbonyl (C=O) groups excluding carboxylic acids is 1. The first kappa shape index (κ1) is 17.4. The van der Waals surface area contributed by atoms with Gasteiger partial charge in [-0.1, -0.05) is 35.9 Å². The summed E-state index contributed by atoms with van der Waals surface area (Å²) in [6, 6.07) is 23.3. The summed E-state index contributed by atoms with van der Waals surface area (Å²) in [5, 5.41) is 2.94. The van der Waals surface area contributed by atoms with E-state index in [-0.39, 0.29) is 5.91 Å². The van der Waals surface area contributed by atoms with Gasteiger partial charge in [-0.15, -0.1) is 11.8 Å². The van der Waals surface area contributed by atoms with Gasteiger partial charge in [-0.2, -0.15) is 0 Å². The molecule has 0 saturated carbocycles. The molecular weight excluding hydrogens is 356 g/mol. The molecule has 27 heavy (non-hydrogen) atoms. The Balaban J connectivity index is 1.44. The molecule has 1 N–H and O–H groups in total. The number of benzene rings is 3. The number of carbonyl (C=O) groups is 1. The third kappa shape index (κ3) is 4.20. The Morgan fingerprint density at radius 1 is 1.04 bits per heavy atom. The number of aryl methyl sites for hydroxylation is 1. The van der Waals surface area contributed by atoms with Crippen molar-refractivity contribution in [3.05, 3.63) is 78.4 Å². The predicted octanol–water partition coefficient (Wildman–Crippen LogP) is 5.53. The SMILES string of the molecule is Cc1ccc(SCC(=O)Nc2cccc(-c3nc4ccccc4o3)c2)cc1. The summed E-state index contributed by atoms with van der Waals surface area (Å²) in [7, 11) is 0. The fourth-order valence-corrected chi connectivity index (χ4v) is 3.40. The van der Waals surface area contributed by atoms with Crippen molar-refractivity contribution >= 4 is 34.5 Å². The molecule has 4 nitrogen and oxygen atoms in total. The summed E-state index contributed by atoms with van der Waals surface area (Å²) in [6.07, 6.45) is 0. The first-order valence-electron chi connectivity index (χ1n) is 8.63. The molecule has 0 spiro atoms. The van der Waals surface area contributed by atoms with Crippen LogP contribution in [0.1, 0.15) is 5.56 Å². The maximum atomic E-state index is 12.3. The Labute approximate surface area is 161 Å². The largest absolute Gasteiger partial charge is 0.436 e. The number of fused-ring (bicyclic) bond motifs is 1. The molecule has 0 fully saturated rings. The lowest BCUT2D eigenvalue weighted by Gasteiger charge is -2.06. The summed E-state index contributed by atoms with van der Waals surface area (Å²) in [6.45, 7) is 2.05. The van der Waals surface area contributed by atoms with Crippen LogP contribution in [0.15, 0.2) is 82.1 Å². The summed E-state index contributed by atoms with van der Waals surface area (Å²) in [5.41, 5.74) is 4.33. The normalized spacial score (nSPS) is 10.9. The quantitative estimate of drug-likeness (QED) is 0.466. The maximum absolute atomic E-state index is 12.3. The molecule has 5 heteroatoms. The van der Waals surface area contributed by atoms with E-state index >= 15 is 0 Å². The molecule has 0 aliphatic rings. The van der Waals surface area contributed by atoms with Gasteiger partial charge in [0.2, 0.25) is 11.8 Å². The number of nitrogens with zero attached hydrogens (tertiary/aromatic N) is 1. The fourth-order valence-electron chi connectivity index (χ4n) is 2.71. The van der Waals surface area contributed by atoms with Crippen LogP contribution in [0.25, 0.3) is 22.6 Å². The zero-order chi connectivity index (χ0) is 18.6. The third-order valence-electron chi connectivity index (χ3n) is 4.08. The Kier molecular flexibility index (Phi) is 4.94. The van der Waals surface area contributed by atoms with E-state index in [0.717, 1.165) is 27.2 Å². The van der Waals surface area contributed by atoms with Crippen LogP contribution in [-0.4, -0.2) is 16.6 Å². The van der Waals surface area contributed by atoms with E-state index in [0.29, 0.717) is 11.6 Å². The molecule has 1 aromatic heterocycles. The molecular formula is C22H18N2O2S. The predicted molar refractivity (Wildman–Crippen MR) is 110 cm³/mol. The first-order valence-corrected chi connectivity index (χ1v) is 9.61. The molecule has 0 unspecified atom stereocenters. The van der Waals surface area contributed by atoms with Gasteiger partial charge in [-0.3, -0.25) is 4.79 Å². The van der Waals surface area contributed by atoms with Crippen molar-refractivity contribution in [2.24, 2.45) is 0 Å². The number of hydrogen-bond donors (Lipinski definition) is 1. The van der Waals surface area contributed by atoms with Gasteiger partial charge in [0, 0.05) is 16.1 Å². The lowest BCUT2D eigenvalue weighted by molar-refractivity contribution is -0.113. The van der Waals surface area contributed by atoms with E-state index in [2.05, 4.69) is 10.3 Å². The van der Waals surface area contributed by atoms with Crippen molar-refractivity contribution in [2.75, 3.05) is 11.1 Å². The number of nitrogens with one attached hydrogen (secondary N) is 1. The highest BCUT2D eigenvalue weighted by Gasteiger charge is 2.09. The molecule has 0 bridgehead atoms. The third-order valence-corrected chi connectivity index (χ3v) is 5.09. The number of amides is 1. The van der Waals surface area contributed by atoms with Crippen molar-refractivity contribution in [2.45, 2.75) is 11.8 Å². The Morgan fingerprint density at radius 3 is 2.67 bits per heavy atom. The van der Waals surface area contributed by atoms with E-state index < -0.39 is 0 Å². The van der Waals surface area contributed by atoms with Gasteiger partial charge in [0.1, 0.15) is 5.52 Å². The molecule has 0 radical (unpaired) electrons. The smallest absolute Gasteiger partial charge is 0.234 e. The summed E-state index contributed by atoms with van der Waals surface area (Å²) in [5.74, 6) is 0.854. The van der Waals surface area contributed by atoms with Crippen molar-refractivity contribution in [1.29, 1.82) is 0 Å². The van der Waals surface area contributed by atoms with Crippen molar-refractivity contribution in [1.82, 2.24) is 4.98 Å². The van der Waals surface area contributed by atoms with Gasteiger partial charge in [0.15, 0.2) is 5.58 Å². The minimum absolute atomic E-state index is 0.0460. The van der Waals surface area contributed by atoms with Gasteiger partial charge in [-0.05, 0) is 49.4 Å². The molecule has 0 saturated heterocycles. The molecule has 0 aliphatic carbocycles. The van der Waals surface area contributed by atoms with E-state index in [1.807, 2.05) is 79.7 Å². The number of oxazole rings is 1.